The number of hydrogen-bond acceptors (Lipinski definition) is 2. The van der Waals surface area contributed by atoms with Crippen LogP contribution in [0.3, 0.4) is 0 Å². The van der Waals surface area contributed by atoms with Crippen LogP contribution in [-0.4, -0.2) is 9.97 Å². The van der Waals surface area contributed by atoms with Crippen molar-refractivity contribution in [3.8, 4) is 0 Å². The minimum absolute atomic E-state index is 0.232. The molecular weight excluding hydrogens is 214 g/mol. The summed E-state index contributed by atoms with van der Waals surface area (Å²) in [4.78, 5) is 7.60. The highest BCUT2D eigenvalue weighted by atomic mass is 35.5. The Hall–Kier alpha value is -0.410. The van der Waals surface area contributed by atoms with Crippen molar-refractivity contribution in [3.63, 3.8) is 0 Å². The molecule has 5 heteroatoms. The van der Waals surface area contributed by atoms with Gasteiger partial charge in [0.1, 0.15) is 5.82 Å². The zero-order chi connectivity index (χ0) is 10.2. The van der Waals surface area contributed by atoms with E-state index in [9.17, 15) is 4.39 Å². The molecule has 0 unspecified atom stereocenters. The molecule has 0 radical (unpaired) electrons. The first-order valence-electron chi connectivity index (χ1n) is 3.71. The molecular formula is C8H9Cl2FN2. The van der Waals surface area contributed by atoms with Gasteiger partial charge >= 0.3 is 0 Å². The van der Waals surface area contributed by atoms with E-state index in [-0.39, 0.29) is 15.7 Å². The van der Waals surface area contributed by atoms with Crippen LogP contribution in [0.15, 0.2) is 0 Å². The number of nitrogens with zero attached hydrogens (tertiary/aromatic N) is 2. The van der Waals surface area contributed by atoms with Gasteiger partial charge in [-0.1, -0.05) is 44.0 Å². The predicted octanol–water partition coefficient (Wildman–Crippen LogP) is 3.22. The molecule has 0 aliphatic heterocycles. The fraction of sp³-hybridized carbons (Fsp3) is 0.500. The van der Waals surface area contributed by atoms with Gasteiger partial charge in [0.05, 0.1) is 0 Å². The normalized spacial score (nSPS) is 11.8. The lowest BCUT2D eigenvalue weighted by Crippen LogP contribution is -2.16. The second-order valence-corrected chi connectivity index (χ2v) is 4.41. The van der Waals surface area contributed by atoms with E-state index in [1.165, 1.54) is 0 Å². The lowest BCUT2D eigenvalue weighted by atomic mass is 9.96. The smallest absolute Gasteiger partial charge is 0.197 e. The molecule has 0 bridgehead atoms. The quantitative estimate of drug-likeness (QED) is 0.631. The molecule has 0 fully saturated rings. The fourth-order valence-electron chi connectivity index (χ4n) is 0.730. The highest BCUT2D eigenvalue weighted by molar-refractivity contribution is 6.33. The van der Waals surface area contributed by atoms with E-state index in [4.69, 9.17) is 23.2 Å². The summed E-state index contributed by atoms with van der Waals surface area (Å²) in [6.45, 7) is 5.69. The molecule has 0 saturated heterocycles. The van der Waals surface area contributed by atoms with Gasteiger partial charge in [-0.2, -0.15) is 0 Å². The van der Waals surface area contributed by atoms with Gasteiger partial charge in [0.2, 0.25) is 0 Å². The Morgan fingerprint density at radius 1 is 1.08 bits per heavy atom. The summed E-state index contributed by atoms with van der Waals surface area (Å²) in [7, 11) is 0. The second kappa shape index (κ2) is 3.39. The molecule has 0 spiro atoms. The molecule has 0 aromatic carbocycles. The third-order valence-electron chi connectivity index (χ3n) is 1.44. The van der Waals surface area contributed by atoms with Crippen LogP contribution in [0, 0.1) is 5.82 Å². The third-order valence-corrected chi connectivity index (χ3v) is 1.94. The van der Waals surface area contributed by atoms with Crippen molar-refractivity contribution >= 4 is 23.2 Å². The van der Waals surface area contributed by atoms with Crippen molar-refractivity contribution in [1.29, 1.82) is 0 Å². The topological polar surface area (TPSA) is 25.8 Å². The molecule has 1 aromatic rings. The molecule has 72 valence electrons. The maximum absolute atomic E-state index is 12.9. The number of halogens is 3. The van der Waals surface area contributed by atoms with E-state index in [1.54, 1.807) is 0 Å². The first kappa shape index (κ1) is 10.7. The largest absolute Gasteiger partial charge is 0.217 e. The zero-order valence-electron chi connectivity index (χ0n) is 7.53. The Bertz CT molecular complexity index is 310. The van der Waals surface area contributed by atoms with Gasteiger partial charge in [0.25, 0.3) is 0 Å². The lowest BCUT2D eigenvalue weighted by Gasteiger charge is -2.16. The molecule has 0 N–H and O–H groups in total. The van der Waals surface area contributed by atoms with Gasteiger partial charge in [0.15, 0.2) is 16.1 Å². The third kappa shape index (κ3) is 2.29. The minimum Gasteiger partial charge on any atom is -0.217 e. The summed E-state index contributed by atoms with van der Waals surface area (Å²) in [5, 5.41) is -0.463. The summed E-state index contributed by atoms with van der Waals surface area (Å²) in [5.74, 6) is -0.333. The van der Waals surface area contributed by atoms with E-state index >= 15 is 0 Å². The molecule has 2 nitrogen and oxygen atoms in total. The van der Waals surface area contributed by atoms with Gasteiger partial charge in [0, 0.05) is 5.41 Å². The van der Waals surface area contributed by atoms with Crippen LogP contribution >= 0.6 is 23.2 Å². The maximum atomic E-state index is 12.9. The minimum atomic E-state index is -0.767. The lowest BCUT2D eigenvalue weighted by molar-refractivity contribution is 0.531. The average Bonchev–Trinajstić information content (AvgIpc) is 1.97. The molecule has 13 heavy (non-hydrogen) atoms. The van der Waals surface area contributed by atoms with E-state index in [0.29, 0.717) is 5.82 Å². The second-order valence-electron chi connectivity index (χ2n) is 3.69. The SMILES string of the molecule is CC(C)(C)c1nc(Cl)c(F)c(Cl)n1. The van der Waals surface area contributed by atoms with E-state index in [1.807, 2.05) is 20.8 Å². The summed E-state index contributed by atoms with van der Waals surface area (Å²) in [5.41, 5.74) is -0.291. The zero-order valence-corrected chi connectivity index (χ0v) is 9.04. The Morgan fingerprint density at radius 2 is 1.46 bits per heavy atom. The van der Waals surface area contributed by atoms with Crippen LogP contribution in [0.2, 0.25) is 10.3 Å². The van der Waals surface area contributed by atoms with Gasteiger partial charge < -0.3 is 0 Å². The summed E-state index contributed by atoms with van der Waals surface area (Å²) in [6, 6.07) is 0. The van der Waals surface area contributed by atoms with E-state index < -0.39 is 5.82 Å². The summed E-state index contributed by atoms with van der Waals surface area (Å²) < 4.78 is 12.9. The number of rotatable bonds is 0. The van der Waals surface area contributed by atoms with E-state index in [2.05, 4.69) is 9.97 Å². The molecule has 0 amide bonds. The van der Waals surface area contributed by atoms with Crippen molar-refractivity contribution in [3.05, 3.63) is 21.9 Å². The first-order valence-corrected chi connectivity index (χ1v) is 4.47. The molecule has 0 atom stereocenters. The Morgan fingerprint density at radius 3 is 1.77 bits per heavy atom. The molecule has 0 aliphatic carbocycles. The highest BCUT2D eigenvalue weighted by Gasteiger charge is 2.21. The van der Waals surface area contributed by atoms with Crippen molar-refractivity contribution in [2.75, 3.05) is 0 Å². The highest BCUT2D eigenvalue weighted by Crippen LogP contribution is 2.24. The first-order chi connectivity index (χ1) is 5.82. The van der Waals surface area contributed by atoms with Crippen LogP contribution in [-0.2, 0) is 5.41 Å². The van der Waals surface area contributed by atoms with Crippen LogP contribution in [0.1, 0.15) is 26.6 Å². The van der Waals surface area contributed by atoms with Crippen molar-refractivity contribution < 1.29 is 4.39 Å². The van der Waals surface area contributed by atoms with Crippen LogP contribution in [0.5, 0.6) is 0 Å². The van der Waals surface area contributed by atoms with Crippen molar-refractivity contribution in [1.82, 2.24) is 9.97 Å². The van der Waals surface area contributed by atoms with Gasteiger partial charge in [-0.25, -0.2) is 14.4 Å². The predicted molar refractivity (Wildman–Crippen MR) is 50.7 cm³/mol. The van der Waals surface area contributed by atoms with Crippen molar-refractivity contribution in [2.24, 2.45) is 0 Å². The summed E-state index contributed by atoms with van der Waals surface area (Å²) >= 11 is 11.0. The summed E-state index contributed by atoms with van der Waals surface area (Å²) in [6.07, 6.45) is 0. The Labute approximate surface area is 86.1 Å². The Kier molecular flexibility index (Phi) is 2.78. The standard InChI is InChI=1S/C8H9Cl2FN2/c1-8(2,3)7-12-5(9)4(11)6(10)13-7/h1-3H3. The van der Waals surface area contributed by atoms with Crippen LogP contribution in [0.25, 0.3) is 0 Å². The monoisotopic (exact) mass is 222 g/mol. The fourth-order valence-corrected chi connectivity index (χ4v) is 1.12. The molecule has 0 saturated carbocycles. The number of hydrogen-bond donors (Lipinski definition) is 0. The molecule has 1 heterocycles. The molecule has 1 rings (SSSR count). The number of aromatic nitrogens is 2. The van der Waals surface area contributed by atoms with Crippen LogP contribution in [0.4, 0.5) is 4.39 Å². The van der Waals surface area contributed by atoms with Gasteiger partial charge in [-0.3, -0.25) is 0 Å². The van der Waals surface area contributed by atoms with Gasteiger partial charge in [-0.15, -0.1) is 0 Å². The average molecular weight is 223 g/mol. The van der Waals surface area contributed by atoms with E-state index in [0.717, 1.165) is 0 Å². The van der Waals surface area contributed by atoms with Crippen LogP contribution < -0.4 is 0 Å². The van der Waals surface area contributed by atoms with Gasteiger partial charge in [-0.05, 0) is 0 Å². The molecule has 1 aromatic heterocycles. The molecule has 0 aliphatic rings. The Balaban J connectivity index is 3.29. The maximum Gasteiger partial charge on any atom is 0.197 e. The van der Waals surface area contributed by atoms with Crippen molar-refractivity contribution in [2.45, 2.75) is 26.2 Å².